The number of carbonyl (C=O) groups excluding carboxylic acids is 2. The van der Waals surface area contributed by atoms with Crippen molar-refractivity contribution in [3.8, 4) is 0 Å². The van der Waals surface area contributed by atoms with Gasteiger partial charge in [0.1, 0.15) is 6.04 Å². The number of rotatable bonds is 2. The summed E-state index contributed by atoms with van der Waals surface area (Å²) in [6.45, 7) is 0.562. The molecule has 6 heteroatoms. The highest BCUT2D eigenvalue weighted by atomic mass is 79.9. The van der Waals surface area contributed by atoms with Gasteiger partial charge in [0.2, 0.25) is 0 Å². The van der Waals surface area contributed by atoms with Gasteiger partial charge in [0, 0.05) is 16.6 Å². The molecular weight excluding hydrogens is 346 g/mol. The lowest BCUT2D eigenvalue weighted by Gasteiger charge is -2.33. The third-order valence-electron chi connectivity index (χ3n) is 3.40. The van der Waals surface area contributed by atoms with Crippen molar-refractivity contribution in [3.63, 3.8) is 0 Å². The van der Waals surface area contributed by atoms with Crippen molar-refractivity contribution in [3.05, 3.63) is 33.3 Å². The number of ether oxygens (including phenoxy) is 1. The Morgan fingerprint density at radius 2 is 2.15 bits per heavy atom. The first kappa shape index (κ1) is 15.3. The quantitative estimate of drug-likeness (QED) is 0.761. The molecule has 0 aliphatic carbocycles. The summed E-state index contributed by atoms with van der Waals surface area (Å²) in [7, 11) is 1.34. The van der Waals surface area contributed by atoms with E-state index in [1.54, 1.807) is 23.1 Å². The predicted molar refractivity (Wildman–Crippen MR) is 79.8 cm³/mol. The molecular formula is C14H15BrClNO3. The minimum Gasteiger partial charge on any atom is -0.467 e. The SMILES string of the molecule is COC(=O)C1CCCCN1C(=O)c1ccc(Br)c(Cl)c1. The molecule has 1 aliphatic rings. The number of nitrogens with zero attached hydrogens (tertiary/aromatic N) is 1. The number of halogens is 2. The molecule has 1 heterocycles. The van der Waals surface area contributed by atoms with Gasteiger partial charge in [-0.2, -0.15) is 0 Å². The van der Waals surface area contributed by atoms with E-state index in [9.17, 15) is 9.59 Å². The Hall–Kier alpha value is -1.07. The Morgan fingerprint density at radius 1 is 1.40 bits per heavy atom. The van der Waals surface area contributed by atoms with E-state index in [1.165, 1.54) is 7.11 Å². The lowest BCUT2D eigenvalue weighted by atomic mass is 10.0. The summed E-state index contributed by atoms with van der Waals surface area (Å²) in [6.07, 6.45) is 2.46. The number of piperidine rings is 1. The van der Waals surface area contributed by atoms with Crippen LogP contribution in [0.4, 0.5) is 0 Å². The molecule has 108 valence electrons. The van der Waals surface area contributed by atoms with Crippen molar-refractivity contribution >= 4 is 39.4 Å². The predicted octanol–water partition coefficient (Wildman–Crippen LogP) is 3.27. The van der Waals surface area contributed by atoms with Gasteiger partial charge in [0.15, 0.2) is 0 Å². The van der Waals surface area contributed by atoms with Crippen LogP contribution in [0, 0.1) is 0 Å². The molecule has 4 nitrogen and oxygen atoms in total. The number of benzene rings is 1. The summed E-state index contributed by atoms with van der Waals surface area (Å²) in [6, 6.07) is 4.54. The Kier molecular flexibility index (Phi) is 5.05. The Balaban J connectivity index is 2.25. The van der Waals surface area contributed by atoms with Gasteiger partial charge in [-0.1, -0.05) is 11.6 Å². The minimum atomic E-state index is -0.497. The summed E-state index contributed by atoms with van der Waals surface area (Å²) in [5, 5.41) is 0.475. The molecule has 0 N–H and O–H groups in total. The lowest BCUT2D eigenvalue weighted by Crippen LogP contribution is -2.48. The zero-order valence-corrected chi connectivity index (χ0v) is 13.4. The molecule has 0 saturated carbocycles. The van der Waals surface area contributed by atoms with E-state index in [0.29, 0.717) is 23.6 Å². The van der Waals surface area contributed by atoms with Crippen molar-refractivity contribution in [2.45, 2.75) is 25.3 Å². The molecule has 1 aromatic rings. The number of esters is 1. The van der Waals surface area contributed by atoms with E-state index in [1.807, 2.05) is 0 Å². The molecule has 2 rings (SSSR count). The average Bonchev–Trinajstić information content (AvgIpc) is 2.48. The molecule has 0 radical (unpaired) electrons. The van der Waals surface area contributed by atoms with Crippen molar-refractivity contribution in [1.82, 2.24) is 4.90 Å². The molecule has 0 aromatic heterocycles. The molecule has 1 aliphatic heterocycles. The number of hydrogen-bond acceptors (Lipinski definition) is 3. The first-order chi connectivity index (χ1) is 9.54. The minimum absolute atomic E-state index is 0.186. The fourth-order valence-electron chi connectivity index (χ4n) is 2.35. The van der Waals surface area contributed by atoms with Crippen LogP contribution < -0.4 is 0 Å². The highest BCUT2D eigenvalue weighted by Crippen LogP contribution is 2.26. The van der Waals surface area contributed by atoms with Gasteiger partial charge in [-0.15, -0.1) is 0 Å². The first-order valence-electron chi connectivity index (χ1n) is 6.38. The topological polar surface area (TPSA) is 46.6 Å². The number of methoxy groups -OCH3 is 1. The number of amides is 1. The van der Waals surface area contributed by atoms with Gasteiger partial charge < -0.3 is 9.64 Å². The third kappa shape index (κ3) is 3.15. The molecule has 1 amide bonds. The van der Waals surface area contributed by atoms with Crippen LogP contribution in [0.3, 0.4) is 0 Å². The van der Waals surface area contributed by atoms with Crippen LogP contribution in [0.2, 0.25) is 5.02 Å². The summed E-state index contributed by atoms with van der Waals surface area (Å²) in [5.41, 5.74) is 0.481. The molecule has 0 spiro atoms. The van der Waals surface area contributed by atoms with E-state index >= 15 is 0 Å². The first-order valence-corrected chi connectivity index (χ1v) is 7.55. The van der Waals surface area contributed by atoms with Gasteiger partial charge in [-0.05, 0) is 53.4 Å². The number of hydrogen-bond donors (Lipinski definition) is 0. The Morgan fingerprint density at radius 3 is 2.80 bits per heavy atom. The number of carbonyl (C=O) groups is 2. The molecule has 1 unspecified atom stereocenters. The molecule has 1 atom stereocenters. The normalized spacial score (nSPS) is 18.8. The largest absolute Gasteiger partial charge is 0.467 e. The summed E-state index contributed by atoms with van der Waals surface area (Å²) in [4.78, 5) is 25.9. The second-order valence-electron chi connectivity index (χ2n) is 4.66. The van der Waals surface area contributed by atoms with Crippen molar-refractivity contribution in [2.75, 3.05) is 13.7 Å². The van der Waals surface area contributed by atoms with Gasteiger partial charge >= 0.3 is 5.97 Å². The Bertz CT molecular complexity index is 535. The second kappa shape index (κ2) is 6.59. The van der Waals surface area contributed by atoms with E-state index < -0.39 is 6.04 Å². The highest BCUT2D eigenvalue weighted by Gasteiger charge is 2.33. The fraction of sp³-hybridized carbons (Fsp3) is 0.429. The molecule has 0 bridgehead atoms. The smallest absolute Gasteiger partial charge is 0.328 e. The lowest BCUT2D eigenvalue weighted by molar-refractivity contribution is -0.147. The van der Waals surface area contributed by atoms with Crippen LogP contribution in [0.5, 0.6) is 0 Å². The monoisotopic (exact) mass is 359 g/mol. The van der Waals surface area contributed by atoms with Crippen LogP contribution in [0.25, 0.3) is 0 Å². The maximum absolute atomic E-state index is 12.5. The van der Waals surface area contributed by atoms with E-state index in [-0.39, 0.29) is 11.9 Å². The van der Waals surface area contributed by atoms with Crippen molar-refractivity contribution in [2.24, 2.45) is 0 Å². The molecule has 1 fully saturated rings. The van der Waals surface area contributed by atoms with Gasteiger partial charge in [0.25, 0.3) is 5.91 Å². The summed E-state index contributed by atoms with van der Waals surface area (Å²) >= 11 is 9.30. The summed E-state index contributed by atoms with van der Waals surface area (Å²) < 4.78 is 5.52. The van der Waals surface area contributed by atoms with Gasteiger partial charge in [0.05, 0.1) is 12.1 Å². The standard InChI is InChI=1S/C14H15BrClNO3/c1-20-14(19)12-4-2-3-7-17(12)13(18)9-5-6-10(15)11(16)8-9/h5-6,8,12H,2-4,7H2,1H3. The molecule has 1 saturated heterocycles. The van der Waals surface area contributed by atoms with E-state index in [0.717, 1.165) is 17.3 Å². The van der Waals surface area contributed by atoms with E-state index in [4.69, 9.17) is 16.3 Å². The van der Waals surface area contributed by atoms with Crippen LogP contribution in [-0.4, -0.2) is 36.5 Å². The third-order valence-corrected chi connectivity index (χ3v) is 4.64. The van der Waals surface area contributed by atoms with Gasteiger partial charge in [-0.3, -0.25) is 4.79 Å². The maximum atomic E-state index is 12.5. The average molecular weight is 361 g/mol. The zero-order valence-electron chi connectivity index (χ0n) is 11.1. The fourth-order valence-corrected chi connectivity index (χ4v) is 2.78. The van der Waals surface area contributed by atoms with Crippen LogP contribution >= 0.6 is 27.5 Å². The summed E-state index contributed by atoms with van der Waals surface area (Å²) in [5.74, 6) is -0.546. The van der Waals surface area contributed by atoms with Crippen LogP contribution in [0.15, 0.2) is 22.7 Å². The molecule has 20 heavy (non-hydrogen) atoms. The van der Waals surface area contributed by atoms with E-state index in [2.05, 4.69) is 15.9 Å². The van der Waals surface area contributed by atoms with Gasteiger partial charge in [-0.25, -0.2) is 4.79 Å². The second-order valence-corrected chi connectivity index (χ2v) is 5.92. The molecule has 1 aromatic carbocycles. The Labute approximate surface area is 131 Å². The zero-order chi connectivity index (χ0) is 14.7. The van der Waals surface area contributed by atoms with Crippen molar-refractivity contribution in [1.29, 1.82) is 0 Å². The van der Waals surface area contributed by atoms with Crippen molar-refractivity contribution < 1.29 is 14.3 Å². The highest BCUT2D eigenvalue weighted by molar-refractivity contribution is 9.10. The van der Waals surface area contributed by atoms with Crippen LogP contribution in [-0.2, 0) is 9.53 Å². The number of likely N-dealkylation sites (tertiary alicyclic amines) is 1. The maximum Gasteiger partial charge on any atom is 0.328 e. The van der Waals surface area contributed by atoms with Crippen LogP contribution in [0.1, 0.15) is 29.6 Å².